The zero-order chi connectivity index (χ0) is 39.7. The van der Waals surface area contributed by atoms with Crippen molar-refractivity contribution < 1.29 is 119 Å². The number of carbonyl (C=O) groups is 3. The van der Waals surface area contributed by atoms with E-state index in [0.717, 1.165) is 0 Å². The predicted molar refractivity (Wildman–Crippen MR) is 166 cm³/mol. The van der Waals surface area contributed by atoms with Crippen LogP contribution in [0, 0.1) is 99.6 Å². The van der Waals surface area contributed by atoms with Crippen LogP contribution in [-0.2, 0) is 14.4 Å². The molecule has 16 heteroatoms. The van der Waals surface area contributed by atoms with Crippen molar-refractivity contribution in [2.75, 3.05) is 0 Å². The number of hydrogen-bond acceptors (Lipinski definition) is 6. The molecule has 6 bridgehead atoms. The van der Waals surface area contributed by atoms with E-state index >= 15 is 0 Å². The molecule has 0 aromatic heterocycles. The van der Waals surface area contributed by atoms with Gasteiger partial charge in [-0.1, -0.05) is 62.3 Å². The molecule has 0 aromatic carbocycles. The summed E-state index contributed by atoms with van der Waals surface area (Å²) in [6.07, 6.45) is -11.1. The summed E-state index contributed by atoms with van der Waals surface area (Å²) >= 11 is 0. The average Bonchev–Trinajstić information content (AvgIpc) is 3.59. The fourth-order valence-electron chi connectivity index (χ4n) is 9.88. The smallest absolute Gasteiger partial charge is 0.449 e. The van der Waals surface area contributed by atoms with E-state index in [4.69, 9.17) is 0 Å². The molecule has 6 rings (SSSR count). The summed E-state index contributed by atoms with van der Waals surface area (Å²) in [5, 5.41) is 27.8. The van der Waals surface area contributed by atoms with Crippen LogP contribution in [0.1, 0.15) is 101 Å². The minimum atomic E-state index is -4.83. The van der Waals surface area contributed by atoms with Gasteiger partial charge in [0.15, 0.2) is 17.3 Å². The summed E-state index contributed by atoms with van der Waals surface area (Å²) in [6.45, 7) is 15.9. The van der Waals surface area contributed by atoms with Crippen LogP contribution in [0.15, 0.2) is 34.0 Å². The van der Waals surface area contributed by atoms with E-state index < -0.39 is 120 Å². The largest absolute Gasteiger partial charge is 0.504 e. The van der Waals surface area contributed by atoms with Gasteiger partial charge in [0.25, 0.3) is 0 Å². The summed E-state index contributed by atoms with van der Waals surface area (Å²) in [4.78, 5) is 36.2. The number of carbonyl (C=O) groups excluding carboxylic acids is 3. The standard InChI is InChI=1S/3C12H15F3O2.Eu/c3*1-10(2)6-4-5-11(10,3)8(16)7(6)9(17)12(13,14)15;/h3*6,17H,4-5H2,1-3H3;/b3*9-7-;/t3*6-,11+;/m111./s1. The number of aliphatic hydroxyl groups is 3. The maximum Gasteiger partial charge on any atom is 0.449 e. The predicted octanol–water partition coefficient (Wildman–Crippen LogP) is 10.2. The molecular formula is C36H45EuF9O6. The molecule has 6 atom stereocenters. The molecule has 0 amide bonds. The number of aliphatic hydroxyl groups excluding tert-OH is 3. The topological polar surface area (TPSA) is 112 Å². The van der Waals surface area contributed by atoms with Crippen molar-refractivity contribution in [1.82, 2.24) is 0 Å². The third-order valence-corrected chi connectivity index (χ3v) is 14.5. The molecule has 6 aliphatic rings. The number of allylic oxidation sites excluding steroid dienone is 6. The van der Waals surface area contributed by atoms with Crippen molar-refractivity contribution in [3.63, 3.8) is 0 Å². The summed E-state index contributed by atoms with van der Waals surface area (Å²) < 4.78 is 113. The third-order valence-electron chi connectivity index (χ3n) is 14.5. The molecule has 6 saturated carbocycles. The molecule has 295 valence electrons. The quantitative estimate of drug-likeness (QED) is 0.127. The van der Waals surface area contributed by atoms with Gasteiger partial charge in [-0.15, -0.1) is 0 Å². The molecule has 6 aliphatic carbocycles. The zero-order valence-electron chi connectivity index (χ0n) is 30.3. The minimum Gasteiger partial charge on any atom is -0.504 e. The molecule has 52 heavy (non-hydrogen) atoms. The van der Waals surface area contributed by atoms with E-state index in [1.807, 2.05) is 0 Å². The third kappa shape index (κ3) is 6.16. The number of halogens is 9. The second-order valence-corrected chi connectivity index (χ2v) is 17.2. The summed E-state index contributed by atoms with van der Waals surface area (Å²) in [5.41, 5.74) is -5.08. The van der Waals surface area contributed by atoms with E-state index in [9.17, 15) is 69.2 Å². The molecule has 0 unspecified atom stereocenters. The van der Waals surface area contributed by atoms with Gasteiger partial charge in [0.2, 0.25) is 17.3 Å². The second kappa shape index (κ2) is 13.1. The van der Waals surface area contributed by atoms with Crippen LogP contribution < -0.4 is 0 Å². The summed E-state index contributed by atoms with van der Waals surface area (Å²) in [6, 6.07) is 0. The van der Waals surface area contributed by atoms with Gasteiger partial charge in [0, 0.05) is 82.3 Å². The fourth-order valence-corrected chi connectivity index (χ4v) is 9.88. The molecule has 3 N–H and O–H groups in total. The van der Waals surface area contributed by atoms with Crippen molar-refractivity contribution in [2.24, 2.45) is 50.2 Å². The first kappa shape index (κ1) is 45.0. The summed E-state index contributed by atoms with van der Waals surface area (Å²) in [7, 11) is 0. The van der Waals surface area contributed by atoms with Gasteiger partial charge in [0.1, 0.15) is 0 Å². The van der Waals surface area contributed by atoms with Crippen LogP contribution in [0.3, 0.4) is 0 Å². The van der Waals surface area contributed by atoms with Gasteiger partial charge in [0.05, 0.1) is 0 Å². The van der Waals surface area contributed by atoms with E-state index in [2.05, 4.69) is 0 Å². The Kier molecular flexibility index (Phi) is 11.3. The molecule has 0 aromatic rings. The van der Waals surface area contributed by atoms with Gasteiger partial charge in [-0.05, 0) is 72.5 Å². The maximum atomic E-state index is 12.5. The molecule has 6 nitrogen and oxygen atoms in total. The number of alkyl halides is 9. The van der Waals surface area contributed by atoms with Crippen LogP contribution in [0.2, 0.25) is 0 Å². The molecule has 6 fully saturated rings. The number of rotatable bonds is 0. The Hall–Kier alpha value is -1.42. The van der Waals surface area contributed by atoms with Crippen LogP contribution >= 0.6 is 0 Å². The van der Waals surface area contributed by atoms with Crippen LogP contribution in [-0.4, -0.2) is 51.2 Å². The Morgan fingerprint density at radius 1 is 0.462 bits per heavy atom. The van der Waals surface area contributed by atoms with Crippen LogP contribution in [0.5, 0.6) is 0 Å². The molecular weight excluding hydrogens is 851 g/mol. The normalized spacial score (nSPS) is 38.0. The van der Waals surface area contributed by atoms with E-state index in [1.54, 1.807) is 62.3 Å². The number of Topliss-reactive ketones (excluding diaryl/α,β-unsaturated/α-hetero) is 3. The average molecular weight is 897 g/mol. The maximum absolute atomic E-state index is 12.5. The Labute approximate surface area is 337 Å². The summed E-state index contributed by atoms with van der Waals surface area (Å²) in [5.74, 6) is -8.13. The zero-order valence-corrected chi connectivity index (χ0v) is 32.7. The van der Waals surface area contributed by atoms with Crippen molar-refractivity contribution in [3.05, 3.63) is 34.0 Å². The SMILES string of the molecule is CC1(C)[C@@H]2CC[C@@]1(C)C(=O)/C2=C(\O)C(F)(F)F.CC1(C)[C@@H]2CC[C@@]1(C)C(=O)/C2=C(\O)C(F)(F)F.CC1(C)[C@@H]2CC[C@@]1(C)C(=O)/C2=C(\O)C(F)(F)F.[Eu]. The number of fused-ring (bicyclic) bond motifs is 6. The van der Waals surface area contributed by atoms with E-state index in [0.29, 0.717) is 38.5 Å². The Balaban J connectivity index is 0.000000208. The molecule has 0 saturated heterocycles. The Morgan fingerprint density at radius 3 is 0.750 bits per heavy atom. The first-order chi connectivity index (χ1) is 22.6. The van der Waals surface area contributed by atoms with E-state index in [1.165, 1.54) is 0 Å². The first-order valence-electron chi connectivity index (χ1n) is 16.8. The number of ketones is 3. The minimum absolute atomic E-state index is 0. The van der Waals surface area contributed by atoms with Gasteiger partial charge in [-0.25, -0.2) is 0 Å². The van der Waals surface area contributed by atoms with Gasteiger partial charge < -0.3 is 15.3 Å². The van der Waals surface area contributed by atoms with Crippen LogP contribution in [0.4, 0.5) is 39.5 Å². The van der Waals surface area contributed by atoms with Gasteiger partial charge in [-0.3, -0.25) is 14.4 Å². The van der Waals surface area contributed by atoms with Crippen LogP contribution in [0.25, 0.3) is 0 Å². The first-order valence-corrected chi connectivity index (χ1v) is 16.8. The second-order valence-electron chi connectivity index (χ2n) is 17.2. The van der Waals surface area contributed by atoms with Crippen molar-refractivity contribution in [1.29, 1.82) is 0 Å². The molecule has 0 heterocycles. The van der Waals surface area contributed by atoms with Gasteiger partial charge >= 0.3 is 18.5 Å². The monoisotopic (exact) mass is 897 g/mol. The fraction of sp³-hybridized carbons (Fsp3) is 0.750. The molecule has 0 aliphatic heterocycles. The van der Waals surface area contributed by atoms with Crippen molar-refractivity contribution in [3.8, 4) is 0 Å². The van der Waals surface area contributed by atoms with Crippen molar-refractivity contribution in [2.45, 2.75) is 119 Å². The molecule has 1 radical (unpaired) electrons. The van der Waals surface area contributed by atoms with Gasteiger partial charge in [-0.2, -0.15) is 39.5 Å². The Bertz CT molecular complexity index is 1460. The van der Waals surface area contributed by atoms with E-state index in [-0.39, 0.29) is 49.4 Å². The van der Waals surface area contributed by atoms with Crippen molar-refractivity contribution >= 4 is 17.3 Å². The molecule has 0 spiro atoms. The Morgan fingerprint density at radius 2 is 0.635 bits per heavy atom. The number of hydrogen-bond donors (Lipinski definition) is 3.